The average molecular weight is 428 g/mol. The van der Waals surface area contributed by atoms with Gasteiger partial charge < -0.3 is 19.9 Å². The summed E-state index contributed by atoms with van der Waals surface area (Å²) in [5.41, 5.74) is -0.118. The van der Waals surface area contributed by atoms with Crippen LogP contribution in [0.1, 0.15) is 55.8 Å². The number of likely N-dealkylation sites (tertiary alicyclic amines) is 2. The molecular weight excluding hydrogens is 398 g/mol. The largest absolute Gasteiger partial charge is 0.486 e. The number of carbonyl (C=O) groups is 4. The quantitative estimate of drug-likeness (QED) is 0.769. The summed E-state index contributed by atoms with van der Waals surface area (Å²) in [6, 6.07) is 6.58. The van der Waals surface area contributed by atoms with Crippen LogP contribution in [0.2, 0.25) is 0 Å². The number of carbonyl (C=O) groups excluding carboxylic acids is 4. The topological polar surface area (TPSA) is 96.0 Å². The van der Waals surface area contributed by atoms with Gasteiger partial charge >= 0.3 is 0 Å². The van der Waals surface area contributed by atoms with Gasteiger partial charge in [-0.25, -0.2) is 0 Å². The lowest BCUT2D eigenvalue weighted by molar-refractivity contribution is -0.139. The molecule has 1 N–H and O–H groups in total. The summed E-state index contributed by atoms with van der Waals surface area (Å²) >= 11 is 0. The van der Waals surface area contributed by atoms with E-state index in [1.165, 1.54) is 0 Å². The van der Waals surface area contributed by atoms with Gasteiger partial charge in [0.15, 0.2) is 5.78 Å². The first kappa shape index (κ1) is 21.3. The van der Waals surface area contributed by atoms with Gasteiger partial charge in [-0.1, -0.05) is 12.1 Å². The van der Waals surface area contributed by atoms with Crippen LogP contribution in [0.15, 0.2) is 24.3 Å². The fourth-order valence-electron chi connectivity index (χ4n) is 4.73. The van der Waals surface area contributed by atoms with Crippen LogP contribution in [-0.2, 0) is 14.4 Å². The van der Waals surface area contributed by atoms with Crippen molar-refractivity contribution in [3.63, 3.8) is 0 Å². The number of amides is 3. The predicted molar refractivity (Wildman–Crippen MR) is 113 cm³/mol. The van der Waals surface area contributed by atoms with Gasteiger partial charge in [-0.15, -0.1) is 0 Å². The molecule has 0 aliphatic carbocycles. The molecule has 2 atom stereocenters. The van der Waals surface area contributed by atoms with Crippen LogP contribution < -0.4 is 10.1 Å². The summed E-state index contributed by atoms with van der Waals surface area (Å²) in [6.07, 6.45) is 2.86. The van der Waals surface area contributed by atoms with Crippen molar-refractivity contribution in [3.8, 4) is 5.75 Å². The lowest BCUT2D eigenvalue weighted by Gasteiger charge is -2.37. The van der Waals surface area contributed by atoms with Crippen LogP contribution >= 0.6 is 0 Å². The zero-order chi connectivity index (χ0) is 22.0. The van der Waals surface area contributed by atoms with Gasteiger partial charge in [-0.2, -0.15) is 0 Å². The summed E-state index contributed by atoms with van der Waals surface area (Å²) in [7, 11) is 0. The third-order valence-corrected chi connectivity index (χ3v) is 6.62. The van der Waals surface area contributed by atoms with Gasteiger partial charge in [0.25, 0.3) is 0 Å². The highest BCUT2D eigenvalue weighted by atomic mass is 16.5. The van der Waals surface area contributed by atoms with E-state index >= 15 is 0 Å². The molecule has 8 nitrogen and oxygen atoms in total. The molecule has 31 heavy (non-hydrogen) atoms. The van der Waals surface area contributed by atoms with Crippen LogP contribution in [-0.4, -0.2) is 71.1 Å². The number of Topliss-reactive ketones (excluding diaryl/α,β-unsaturated/α-hetero) is 1. The van der Waals surface area contributed by atoms with Crippen molar-refractivity contribution in [1.82, 2.24) is 15.1 Å². The molecule has 3 aliphatic heterocycles. The molecule has 1 spiro atoms. The first-order valence-electron chi connectivity index (χ1n) is 11.0. The maximum Gasteiger partial charge on any atom is 0.242 e. The molecule has 0 saturated carbocycles. The van der Waals surface area contributed by atoms with E-state index in [0.29, 0.717) is 50.2 Å². The fraction of sp³-hybridized carbons (Fsp3) is 0.565. The molecule has 1 aromatic carbocycles. The Morgan fingerprint density at radius 2 is 1.94 bits per heavy atom. The van der Waals surface area contributed by atoms with Gasteiger partial charge in [0.05, 0.1) is 12.0 Å². The highest BCUT2D eigenvalue weighted by molar-refractivity contribution is 6.00. The number of fused-ring (bicyclic) bond motifs is 1. The van der Waals surface area contributed by atoms with Crippen LogP contribution in [0.5, 0.6) is 5.75 Å². The van der Waals surface area contributed by atoms with E-state index in [9.17, 15) is 19.2 Å². The Bertz CT molecular complexity index is 901. The SMILES string of the molecule is C[C@H](C(=O)NCCN1CCCC1=O)N1CC[C@]2(CCC1=O)CC(=O)c1ccccc1O2. The van der Waals surface area contributed by atoms with Crippen molar-refractivity contribution in [2.75, 3.05) is 26.2 Å². The van der Waals surface area contributed by atoms with Crippen molar-refractivity contribution >= 4 is 23.5 Å². The Hall–Kier alpha value is -2.90. The summed E-state index contributed by atoms with van der Waals surface area (Å²) in [6.45, 7) is 3.67. The number of para-hydroxylation sites is 1. The molecule has 3 aliphatic rings. The Balaban J connectivity index is 1.36. The third-order valence-electron chi connectivity index (χ3n) is 6.62. The van der Waals surface area contributed by atoms with Gasteiger partial charge in [0.1, 0.15) is 17.4 Å². The number of nitrogens with zero attached hydrogens (tertiary/aromatic N) is 2. The van der Waals surface area contributed by atoms with Crippen molar-refractivity contribution in [1.29, 1.82) is 0 Å². The Morgan fingerprint density at radius 1 is 1.13 bits per heavy atom. The number of ether oxygens (including phenoxy) is 1. The Labute approximate surface area is 181 Å². The first-order chi connectivity index (χ1) is 14.9. The molecule has 0 radical (unpaired) electrons. The third kappa shape index (κ3) is 4.43. The zero-order valence-electron chi connectivity index (χ0n) is 17.9. The molecule has 2 fully saturated rings. The molecule has 4 rings (SSSR count). The predicted octanol–water partition coefficient (Wildman–Crippen LogP) is 1.53. The maximum absolute atomic E-state index is 12.8. The number of ketones is 1. The van der Waals surface area contributed by atoms with E-state index in [1.807, 2.05) is 12.1 Å². The Kier molecular flexibility index (Phi) is 5.98. The second-order valence-corrected chi connectivity index (χ2v) is 8.67. The van der Waals surface area contributed by atoms with Crippen LogP contribution in [0, 0.1) is 0 Å². The molecule has 0 aromatic heterocycles. The zero-order valence-corrected chi connectivity index (χ0v) is 17.9. The van der Waals surface area contributed by atoms with Gasteiger partial charge in [0, 0.05) is 45.4 Å². The minimum absolute atomic E-state index is 0.0324. The van der Waals surface area contributed by atoms with E-state index in [-0.39, 0.29) is 36.3 Å². The van der Waals surface area contributed by atoms with Crippen LogP contribution in [0.3, 0.4) is 0 Å². The summed E-state index contributed by atoms with van der Waals surface area (Å²) in [5.74, 6) is 0.386. The number of benzene rings is 1. The van der Waals surface area contributed by atoms with Crippen LogP contribution in [0.25, 0.3) is 0 Å². The summed E-state index contributed by atoms with van der Waals surface area (Å²) in [5, 5.41) is 2.85. The lowest BCUT2D eigenvalue weighted by atomic mass is 9.84. The minimum Gasteiger partial charge on any atom is -0.486 e. The van der Waals surface area contributed by atoms with Gasteiger partial charge in [-0.05, 0) is 31.9 Å². The van der Waals surface area contributed by atoms with E-state index in [2.05, 4.69) is 5.32 Å². The summed E-state index contributed by atoms with van der Waals surface area (Å²) in [4.78, 5) is 53.1. The molecule has 0 unspecified atom stereocenters. The van der Waals surface area contributed by atoms with Crippen molar-refractivity contribution in [3.05, 3.63) is 29.8 Å². The molecule has 3 heterocycles. The highest BCUT2D eigenvalue weighted by Crippen LogP contribution is 2.39. The number of hydrogen-bond acceptors (Lipinski definition) is 5. The van der Waals surface area contributed by atoms with Crippen molar-refractivity contribution in [2.45, 2.75) is 57.1 Å². The summed E-state index contributed by atoms with van der Waals surface area (Å²) < 4.78 is 6.24. The molecule has 8 heteroatoms. The van der Waals surface area contributed by atoms with Gasteiger partial charge in [-0.3, -0.25) is 19.2 Å². The second kappa shape index (κ2) is 8.69. The monoisotopic (exact) mass is 427 g/mol. The standard InChI is InChI=1S/C23H29N3O5/c1-16(22(30)24-11-14-25-12-4-7-20(25)28)26-13-10-23(9-8-21(26)29)15-18(27)17-5-2-3-6-19(17)31-23/h2-3,5-6,16H,4,7-15H2,1H3,(H,24,30)/t16-,23-/m1/s1. The smallest absolute Gasteiger partial charge is 0.242 e. The number of hydrogen-bond donors (Lipinski definition) is 1. The first-order valence-corrected chi connectivity index (χ1v) is 11.0. The highest BCUT2D eigenvalue weighted by Gasteiger charge is 2.44. The van der Waals surface area contributed by atoms with E-state index in [1.54, 1.807) is 28.9 Å². The Morgan fingerprint density at radius 3 is 2.71 bits per heavy atom. The molecule has 2 saturated heterocycles. The second-order valence-electron chi connectivity index (χ2n) is 8.67. The molecule has 166 valence electrons. The number of rotatable bonds is 5. The molecule has 0 bridgehead atoms. The molecule has 1 aromatic rings. The lowest BCUT2D eigenvalue weighted by Crippen LogP contribution is -2.49. The number of nitrogens with one attached hydrogen (secondary N) is 1. The van der Waals surface area contributed by atoms with Gasteiger partial charge in [0.2, 0.25) is 17.7 Å². The fourth-order valence-corrected chi connectivity index (χ4v) is 4.73. The van der Waals surface area contributed by atoms with Crippen LogP contribution in [0.4, 0.5) is 0 Å². The normalized spacial score (nSPS) is 24.6. The average Bonchev–Trinajstić information content (AvgIpc) is 3.10. The molecular formula is C23H29N3O5. The van der Waals surface area contributed by atoms with Crippen molar-refractivity contribution in [2.24, 2.45) is 0 Å². The molecule has 3 amide bonds. The minimum atomic E-state index is -0.706. The maximum atomic E-state index is 12.8. The van der Waals surface area contributed by atoms with E-state index in [4.69, 9.17) is 4.74 Å². The van der Waals surface area contributed by atoms with Crippen molar-refractivity contribution < 1.29 is 23.9 Å². The van der Waals surface area contributed by atoms with E-state index in [0.717, 1.165) is 13.0 Å². The van der Waals surface area contributed by atoms with E-state index < -0.39 is 11.6 Å².